The minimum atomic E-state index is -4.61. The van der Waals surface area contributed by atoms with Gasteiger partial charge in [0.25, 0.3) is 7.82 Å². The number of phosphoric ester groups is 1. The summed E-state index contributed by atoms with van der Waals surface area (Å²) in [4.78, 5) is 36.7. The van der Waals surface area contributed by atoms with Crippen molar-refractivity contribution in [2.75, 3.05) is 26.4 Å². The van der Waals surface area contributed by atoms with Gasteiger partial charge in [-0.05, 0) is 24.7 Å². The second-order valence-electron chi connectivity index (χ2n) is 13.4. The van der Waals surface area contributed by atoms with E-state index in [1.165, 1.54) is 96.3 Å². The van der Waals surface area contributed by atoms with Gasteiger partial charge < -0.3 is 29.1 Å². The predicted molar refractivity (Wildman–Crippen MR) is 179 cm³/mol. The van der Waals surface area contributed by atoms with E-state index in [0.29, 0.717) is 6.42 Å². The van der Waals surface area contributed by atoms with E-state index in [1.54, 1.807) is 0 Å². The molecule has 1 rings (SSSR count). The van der Waals surface area contributed by atoms with Crippen molar-refractivity contribution in [2.45, 2.75) is 174 Å². The van der Waals surface area contributed by atoms with Gasteiger partial charge in [0.05, 0.1) is 13.2 Å². The molecule has 1 fully saturated rings. The summed E-state index contributed by atoms with van der Waals surface area (Å²) < 4.78 is 32.2. The Labute approximate surface area is 275 Å². The maximum absolute atomic E-state index is 12.5. The monoisotopic (exact) mass is 660 g/mol. The largest absolute Gasteiger partial charge is 0.756 e. The molecule has 0 amide bonds. The number of ether oxygens (including phenoxy) is 2. The lowest BCUT2D eigenvalue weighted by molar-refractivity contribution is -0.228. The highest BCUT2D eigenvalue weighted by molar-refractivity contribution is 7.45. The molecule has 0 aliphatic heterocycles. The zero-order valence-electron chi connectivity index (χ0n) is 28.8. The van der Waals surface area contributed by atoms with Gasteiger partial charge in [0.15, 0.2) is 6.10 Å². The molecule has 0 aromatic carbocycles. The number of hydrogen-bond acceptors (Lipinski definition) is 9. The Kier molecular flexibility index (Phi) is 26.2. The van der Waals surface area contributed by atoms with Gasteiger partial charge in [-0.3, -0.25) is 14.2 Å². The van der Waals surface area contributed by atoms with Crippen LogP contribution in [0.15, 0.2) is 0 Å². The van der Waals surface area contributed by atoms with Gasteiger partial charge in [0.1, 0.15) is 6.61 Å². The summed E-state index contributed by atoms with van der Waals surface area (Å²) in [5, 5.41) is 0. The van der Waals surface area contributed by atoms with Crippen LogP contribution in [0.4, 0.5) is 0 Å². The maximum Gasteiger partial charge on any atom is 0.306 e. The Morgan fingerprint density at radius 1 is 0.711 bits per heavy atom. The number of nitrogens with two attached hydrogens (primary N) is 1. The fourth-order valence-electron chi connectivity index (χ4n) is 5.40. The highest BCUT2D eigenvalue weighted by Crippen LogP contribution is 2.38. The van der Waals surface area contributed by atoms with Crippen LogP contribution < -0.4 is 10.6 Å². The molecule has 0 spiro atoms. The molecule has 0 aromatic rings. The summed E-state index contributed by atoms with van der Waals surface area (Å²) in [5.74, 6) is 0.970. The lowest BCUT2D eigenvalue weighted by atomic mass is 10.0. The molecule has 1 aliphatic carbocycles. The van der Waals surface area contributed by atoms with Crippen LogP contribution >= 0.6 is 7.82 Å². The summed E-state index contributed by atoms with van der Waals surface area (Å²) in [6, 6.07) is 0. The molecular weight excluding hydrogens is 593 g/mol. The lowest BCUT2D eigenvalue weighted by Crippen LogP contribution is -2.30. The van der Waals surface area contributed by atoms with Gasteiger partial charge in [-0.25, -0.2) is 0 Å². The van der Waals surface area contributed by atoms with Crippen molar-refractivity contribution in [2.24, 2.45) is 17.6 Å². The van der Waals surface area contributed by atoms with Crippen LogP contribution in [0.1, 0.15) is 168 Å². The third-order valence-electron chi connectivity index (χ3n) is 8.37. The number of carbonyl (C=O) groups is 2. The molecule has 1 unspecified atom stereocenters. The summed E-state index contributed by atoms with van der Waals surface area (Å²) in [6.45, 7) is 3.60. The molecule has 0 aromatic heterocycles. The third kappa shape index (κ3) is 28.9. The molecule has 266 valence electrons. The molecule has 0 bridgehead atoms. The van der Waals surface area contributed by atoms with E-state index < -0.39 is 32.5 Å². The van der Waals surface area contributed by atoms with E-state index in [4.69, 9.17) is 19.7 Å². The highest BCUT2D eigenvalue weighted by Gasteiger charge is 2.21. The minimum Gasteiger partial charge on any atom is -0.756 e. The average molecular weight is 661 g/mol. The highest BCUT2D eigenvalue weighted by atomic mass is 31.2. The first-order valence-corrected chi connectivity index (χ1v) is 19.8. The Bertz CT molecular complexity index is 777. The van der Waals surface area contributed by atoms with Gasteiger partial charge >= 0.3 is 11.9 Å². The first-order valence-electron chi connectivity index (χ1n) is 18.4. The third-order valence-corrected chi connectivity index (χ3v) is 9.33. The summed E-state index contributed by atoms with van der Waals surface area (Å²) in [5.41, 5.74) is 5.30. The van der Waals surface area contributed by atoms with Gasteiger partial charge in [0.2, 0.25) is 0 Å². The molecule has 2 atom stereocenters. The van der Waals surface area contributed by atoms with E-state index in [9.17, 15) is 19.0 Å². The second-order valence-corrected chi connectivity index (χ2v) is 14.8. The fraction of sp³-hybridized carbons (Fsp3) is 0.943. The Hall–Kier alpha value is -0.990. The van der Waals surface area contributed by atoms with Crippen LogP contribution in [0.3, 0.4) is 0 Å². The molecular formula is C35H67NO8P-. The van der Waals surface area contributed by atoms with Gasteiger partial charge in [0, 0.05) is 19.4 Å². The number of unbranched alkanes of at least 4 members (excludes halogenated alkanes) is 16. The topological polar surface area (TPSA) is 137 Å². The van der Waals surface area contributed by atoms with E-state index in [-0.39, 0.29) is 32.6 Å². The van der Waals surface area contributed by atoms with E-state index in [2.05, 4.69) is 18.4 Å². The van der Waals surface area contributed by atoms with Crippen LogP contribution in [0, 0.1) is 11.8 Å². The molecule has 1 saturated carbocycles. The van der Waals surface area contributed by atoms with Crippen molar-refractivity contribution in [3.63, 3.8) is 0 Å². The smallest absolute Gasteiger partial charge is 0.306 e. The zero-order chi connectivity index (χ0) is 33.0. The van der Waals surface area contributed by atoms with Crippen LogP contribution in [0.5, 0.6) is 0 Å². The fourth-order valence-corrected chi connectivity index (χ4v) is 6.15. The summed E-state index contributed by atoms with van der Waals surface area (Å²) in [7, 11) is -4.61. The molecule has 45 heavy (non-hydrogen) atoms. The second kappa shape index (κ2) is 28.1. The molecule has 0 saturated heterocycles. The van der Waals surface area contributed by atoms with Crippen molar-refractivity contribution in [3.05, 3.63) is 0 Å². The zero-order valence-corrected chi connectivity index (χ0v) is 29.7. The SMILES string of the molecule is CC(C)CCCCCCCCCCCC(=O)O[C@@H](COC(=O)CCCCCCCCCCCC1CC1)COP(=O)([O-])OCCN. The van der Waals surface area contributed by atoms with Gasteiger partial charge in [-0.1, -0.05) is 142 Å². The van der Waals surface area contributed by atoms with Crippen molar-refractivity contribution < 1.29 is 37.6 Å². The maximum atomic E-state index is 12.5. The number of esters is 2. The lowest BCUT2D eigenvalue weighted by Gasteiger charge is -2.25. The number of carbonyl (C=O) groups excluding carboxylic acids is 2. The van der Waals surface area contributed by atoms with Crippen molar-refractivity contribution >= 4 is 19.8 Å². The van der Waals surface area contributed by atoms with E-state index >= 15 is 0 Å². The van der Waals surface area contributed by atoms with Gasteiger partial charge in [-0.15, -0.1) is 0 Å². The molecule has 0 radical (unpaired) electrons. The molecule has 9 nitrogen and oxygen atoms in total. The van der Waals surface area contributed by atoms with Crippen LogP contribution in [-0.4, -0.2) is 44.4 Å². The van der Waals surface area contributed by atoms with Crippen LogP contribution in [0.25, 0.3) is 0 Å². The normalized spacial score (nSPS) is 15.2. The standard InChI is InChI=1S/C35H68NO8P/c1-31(2)21-17-13-9-5-3-8-12-16-20-24-35(38)44-33(30-43-45(39,40)42-28-27-36)29-41-34(37)23-19-15-11-7-4-6-10-14-18-22-32-25-26-32/h31-33H,3-30,36H2,1-2H3,(H,39,40)/p-1/t33-/m0/s1. The minimum absolute atomic E-state index is 0.0181. The molecule has 1 aliphatic rings. The number of rotatable bonds is 33. The van der Waals surface area contributed by atoms with Crippen LogP contribution in [-0.2, 0) is 32.7 Å². The van der Waals surface area contributed by atoms with Crippen LogP contribution in [0.2, 0.25) is 0 Å². The first-order chi connectivity index (χ1) is 21.7. The Morgan fingerprint density at radius 2 is 1.20 bits per heavy atom. The molecule has 2 N–H and O–H groups in total. The molecule has 10 heteroatoms. The Morgan fingerprint density at radius 3 is 1.71 bits per heavy atom. The van der Waals surface area contributed by atoms with E-state index in [1.807, 2.05) is 0 Å². The van der Waals surface area contributed by atoms with E-state index in [0.717, 1.165) is 50.4 Å². The predicted octanol–water partition coefficient (Wildman–Crippen LogP) is 8.55. The van der Waals surface area contributed by atoms with Crippen molar-refractivity contribution in [1.82, 2.24) is 0 Å². The van der Waals surface area contributed by atoms with Crippen molar-refractivity contribution in [3.8, 4) is 0 Å². The number of hydrogen-bond donors (Lipinski definition) is 1. The van der Waals surface area contributed by atoms with Crippen molar-refractivity contribution in [1.29, 1.82) is 0 Å². The Balaban J connectivity index is 2.20. The number of phosphoric acid groups is 1. The average Bonchev–Trinajstić information content (AvgIpc) is 3.83. The van der Waals surface area contributed by atoms with Gasteiger partial charge in [-0.2, -0.15) is 0 Å². The quantitative estimate of drug-likeness (QED) is 0.0417. The summed E-state index contributed by atoms with van der Waals surface area (Å²) in [6.07, 6.45) is 26.0. The summed E-state index contributed by atoms with van der Waals surface area (Å²) >= 11 is 0. The first kappa shape index (κ1) is 42.0. The molecule has 0 heterocycles.